The normalized spacial score (nSPS) is 15.3. The van der Waals surface area contributed by atoms with E-state index < -0.39 is 57.3 Å². The van der Waals surface area contributed by atoms with Crippen LogP contribution in [-0.4, -0.2) is 72.1 Å². The van der Waals surface area contributed by atoms with E-state index in [-0.39, 0.29) is 66.6 Å². The van der Waals surface area contributed by atoms with Gasteiger partial charge in [0.15, 0.2) is 11.6 Å². The Kier molecular flexibility index (Phi) is 13.4. The van der Waals surface area contributed by atoms with E-state index in [0.29, 0.717) is 23.5 Å². The number of amides is 1. The number of nitrogens with zero attached hydrogens (tertiary/aromatic N) is 5. The zero-order chi connectivity index (χ0) is 47.6. The van der Waals surface area contributed by atoms with E-state index in [1.165, 1.54) is 25.4 Å². The lowest BCUT2D eigenvalue weighted by molar-refractivity contribution is -0.137. The van der Waals surface area contributed by atoms with Crippen molar-refractivity contribution < 1.29 is 51.1 Å². The molecule has 1 saturated carbocycles. The highest BCUT2D eigenvalue weighted by molar-refractivity contribution is 6.37. The maximum atomic E-state index is 18.0. The summed E-state index contributed by atoms with van der Waals surface area (Å²) in [7, 11) is 4.72. The summed E-state index contributed by atoms with van der Waals surface area (Å²) >= 11 is 7.17. The summed E-state index contributed by atoms with van der Waals surface area (Å²) in [4.78, 5) is 28.8. The molecule has 0 bridgehead atoms. The van der Waals surface area contributed by atoms with Crippen molar-refractivity contribution in [3.63, 3.8) is 0 Å². The van der Waals surface area contributed by atoms with Gasteiger partial charge in [-0.25, -0.2) is 24.1 Å². The maximum Gasteiger partial charge on any atom is 0.418 e. The van der Waals surface area contributed by atoms with Crippen LogP contribution < -0.4 is 29.7 Å². The van der Waals surface area contributed by atoms with E-state index in [1.54, 1.807) is 74.5 Å². The molecule has 19 heteroatoms. The Morgan fingerprint density at radius 2 is 1.69 bits per heavy atom. The van der Waals surface area contributed by atoms with Gasteiger partial charge >= 0.3 is 18.2 Å². The Morgan fingerprint density at radius 3 is 2.25 bits per heavy atom. The molecule has 3 aliphatic rings. The molecule has 14 nitrogen and oxygen atoms in total. The second kappa shape index (κ2) is 19.2. The van der Waals surface area contributed by atoms with Gasteiger partial charge in [0, 0.05) is 38.4 Å². The quantitative estimate of drug-likeness (QED) is 0.0807. The number of alkyl halides is 3. The van der Waals surface area contributed by atoms with E-state index >= 15 is 17.6 Å². The van der Waals surface area contributed by atoms with Crippen LogP contribution in [0.4, 0.5) is 39.7 Å². The first-order valence-electron chi connectivity index (χ1n) is 21.4. The predicted molar refractivity (Wildman–Crippen MR) is 244 cm³/mol. The van der Waals surface area contributed by atoms with Gasteiger partial charge in [0.05, 0.1) is 71.8 Å². The molecule has 352 valence electrons. The van der Waals surface area contributed by atoms with Crippen LogP contribution in [-0.2, 0) is 28.7 Å². The summed E-state index contributed by atoms with van der Waals surface area (Å²) in [5.41, 5.74) is -1.26. The number of aromatic nitrogens is 2. The molecule has 1 fully saturated rings. The van der Waals surface area contributed by atoms with Crippen LogP contribution in [0.15, 0.2) is 90.1 Å². The van der Waals surface area contributed by atoms with Crippen molar-refractivity contribution in [2.24, 2.45) is 4.99 Å². The Hall–Kier alpha value is -6.79. The molecule has 0 saturated heterocycles. The standard InChI is InChI=1S/C48H48ClF4N7O7/c1-27-22-34(59(23-29-9-13-31(63-3)14-10-29)24-30-11-15-32(64-4)16-12-30)57-41(38(27)48(51,52)53)36-39(49)42-37-43(40(36)50)67-35(66-21-19-47(65-5)17-7-18-47)25-60(45(37)56-26-55-42)28(2)33-8-6-20-54-44(33)58-46(61)62/h6,8-16,20,22,25,28,55H,7,17-19,21,23-24,26H2,1-5H3,(H,54,58)(H,61,62). The van der Waals surface area contributed by atoms with Crippen molar-refractivity contribution in [1.29, 1.82) is 0 Å². The highest BCUT2D eigenvalue weighted by Crippen LogP contribution is 2.51. The number of hydrogen-bond donors (Lipinski definition) is 3. The molecular formula is C48H48ClF4N7O7. The number of rotatable bonds is 16. The van der Waals surface area contributed by atoms with E-state index in [4.69, 9.17) is 40.3 Å². The minimum atomic E-state index is -5.02. The molecule has 2 aliphatic heterocycles. The predicted octanol–water partition coefficient (Wildman–Crippen LogP) is 10.9. The van der Waals surface area contributed by atoms with Crippen molar-refractivity contribution in [1.82, 2.24) is 14.9 Å². The van der Waals surface area contributed by atoms with E-state index in [1.807, 2.05) is 24.3 Å². The van der Waals surface area contributed by atoms with E-state index in [2.05, 4.69) is 20.6 Å². The molecule has 3 N–H and O–H groups in total. The number of carbonyl (C=O) groups is 1. The first kappa shape index (κ1) is 46.7. The first-order chi connectivity index (χ1) is 32.1. The van der Waals surface area contributed by atoms with Gasteiger partial charge in [0.2, 0.25) is 0 Å². The number of hydrogen-bond acceptors (Lipinski definition) is 12. The minimum absolute atomic E-state index is 0.00902. The lowest BCUT2D eigenvalue weighted by atomic mass is 9.78. The average molecular weight is 946 g/mol. The fraction of sp³-hybridized carbons (Fsp3) is 0.333. The molecule has 1 amide bonds. The van der Waals surface area contributed by atoms with Crippen LogP contribution in [0.2, 0.25) is 5.02 Å². The lowest BCUT2D eigenvalue weighted by Gasteiger charge is -2.40. The molecule has 4 heterocycles. The van der Waals surface area contributed by atoms with Crippen LogP contribution in [0.25, 0.3) is 11.3 Å². The van der Waals surface area contributed by atoms with Crippen molar-refractivity contribution in [3.05, 3.63) is 129 Å². The fourth-order valence-corrected chi connectivity index (χ4v) is 8.88. The Morgan fingerprint density at radius 1 is 1.03 bits per heavy atom. The van der Waals surface area contributed by atoms with Crippen molar-refractivity contribution >= 4 is 40.9 Å². The zero-order valence-electron chi connectivity index (χ0n) is 37.3. The van der Waals surface area contributed by atoms with Gasteiger partial charge in [-0.2, -0.15) is 13.2 Å². The third kappa shape index (κ3) is 9.58. The zero-order valence-corrected chi connectivity index (χ0v) is 38.0. The fourth-order valence-electron chi connectivity index (χ4n) is 8.55. The average Bonchev–Trinajstić information content (AvgIpc) is 3.46. The molecule has 1 unspecified atom stereocenters. The maximum absolute atomic E-state index is 18.0. The lowest BCUT2D eigenvalue weighted by Crippen LogP contribution is -2.40. The van der Waals surface area contributed by atoms with E-state index in [9.17, 15) is 9.90 Å². The van der Waals surface area contributed by atoms with Gasteiger partial charge in [0.1, 0.15) is 35.6 Å². The van der Waals surface area contributed by atoms with Gasteiger partial charge in [-0.05, 0) is 86.2 Å². The van der Waals surface area contributed by atoms with Gasteiger partial charge in [-0.3, -0.25) is 5.32 Å². The number of anilines is 3. The molecule has 3 aromatic carbocycles. The SMILES string of the molecule is COc1ccc(CN(Cc2ccc(OC)cc2)c2cc(C)c(C(F)(F)F)c(-c3c(F)c4c5c(c3Cl)NCN=C5N(C(C)c3cccnc3NC(=O)O)C=C(OCCC3(OC)CCC3)O4)n2)cc1. The van der Waals surface area contributed by atoms with Crippen LogP contribution in [0.5, 0.6) is 17.2 Å². The summed E-state index contributed by atoms with van der Waals surface area (Å²) in [5, 5.41) is 14.6. The van der Waals surface area contributed by atoms with Crippen LogP contribution in [0.1, 0.15) is 72.0 Å². The van der Waals surface area contributed by atoms with E-state index in [0.717, 1.165) is 30.4 Å². The number of amidine groups is 1. The van der Waals surface area contributed by atoms with Gasteiger partial charge in [0.25, 0.3) is 0 Å². The number of aliphatic imine (C=N–C) groups is 1. The number of carboxylic acid groups (broad SMARTS) is 1. The molecule has 1 atom stereocenters. The van der Waals surface area contributed by atoms with Crippen molar-refractivity contribution in [3.8, 4) is 28.5 Å². The molecular weight excluding hydrogens is 898 g/mol. The number of pyridine rings is 2. The molecule has 0 spiro atoms. The Balaban J connectivity index is 1.29. The third-order valence-electron chi connectivity index (χ3n) is 12.3. The summed E-state index contributed by atoms with van der Waals surface area (Å²) in [6.07, 6.45) is -0.443. The number of methoxy groups -OCH3 is 3. The smallest absolute Gasteiger partial charge is 0.418 e. The van der Waals surface area contributed by atoms with Crippen molar-refractivity contribution in [2.75, 3.05) is 50.1 Å². The highest BCUT2D eigenvalue weighted by Gasteiger charge is 2.43. The van der Waals surface area contributed by atoms with Crippen molar-refractivity contribution in [2.45, 2.75) is 70.4 Å². The Labute approximate surface area is 389 Å². The molecule has 5 aromatic rings. The number of nitrogens with one attached hydrogen (secondary N) is 2. The summed E-state index contributed by atoms with van der Waals surface area (Å²) in [6.45, 7) is 3.34. The number of halogens is 5. The summed E-state index contributed by atoms with van der Waals surface area (Å²) < 4.78 is 93.4. The topological polar surface area (TPSA) is 152 Å². The monoisotopic (exact) mass is 945 g/mol. The largest absolute Gasteiger partial charge is 0.497 e. The minimum Gasteiger partial charge on any atom is -0.497 e. The molecule has 67 heavy (non-hydrogen) atoms. The Bertz CT molecular complexity index is 2660. The van der Waals surface area contributed by atoms with Gasteiger partial charge in [-0.1, -0.05) is 41.9 Å². The number of benzene rings is 3. The molecule has 2 aromatic heterocycles. The van der Waals surface area contributed by atoms with Crippen LogP contribution in [0.3, 0.4) is 0 Å². The molecule has 8 rings (SSSR count). The summed E-state index contributed by atoms with van der Waals surface area (Å²) in [5.74, 6) is -0.514. The summed E-state index contributed by atoms with van der Waals surface area (Å²) in [6, 6.07) is 18.3. The van der Waals surface area contributed by atoms with Gasteiger partial charge < -0.3 is 43.9 Å². The molecule has 0 radical (unpaired) electrons. The number of ether oxygens (including phenoxy) is 5. The highest BCUT2D eigenvalue weighted by atomic mass is 35.5. The van der Waals surface area contributed by atoms with Gasteiger partial charge in [-0.15, -0.1) is 0 Å². The second-order valence-electron chi connectivity index (χ2n) is 16.3. The van der Waals surface area contributed by atoms with Crippen LogP contribution in [0, 0.1) is 12.7 Å². The number of aryl methyl sites for hydroxylation is 1. The van der Waals surface area contributed by atoms with Crippen LogP contribution >= 0.6 is 11.6 Å². The first-order valence-corrected chi connectivity index (χ1v) is 21.8. The molecule has 1 aliphatic carbocycles. The third-order valence-corrected chi connectivity index (χ3v) is 12.7. The second-order valence-corrected chi connectivity index (χ2v) is 16.7.